The normalized spacial score (nSPS) is 16.2. The van der Waals surface area contributed by atoms with Gasteiger partial charge in [-0.05, 0) is 48.2 Å². The largest absolute Gasteiger partial charge is 0.481 e. The van der Waals surface area contributed by atoms with E-state index in [-0.39, 0.29) is 12.5 Å². The number of rotatable bonds is 3. The van der Waals surface area contributed by atoms with Crippen LogP contribution in [0.4, 0.5) is 10.5 Å². The van der Waals surface area contributed by atoms with Crippen LogP contribution in [-0.4, -0.2) is 28.6 Å². The van der Waals surface area contributed by atoms with Crippen molar-refractivity contribution in [3.8, 4) is 0 Å². The maximum atomic E-state index is 12.8. The van der Waals surface area contributed by atoms with E-state index in [1.807, 2.05) is 49.4 Å². The molecule has 0 aliphatic carbocycles. The van der Waals surface area contributed by atoms with Crippen molar-refractivity contribution in [1.82, 2.24) is 4.90 Å². The van der Waals surface area contributed by atoms with Crippen LogP contribution < -0.4 is 5.32 Å². The number of amides is 2. The Morgan fingerprint density at radius 2 is 2.04 bits per heavy atom. The van der Waals surface area contributed by atoms with Crippen molar-refractivity contribution < 1.29 is 14.7 Å². The van der Waals surface area contributed by atoms with E-state index in [0.29, 0.717) is 12.2 Å². The van der Waals surface area contributed by atoms with Crippen LogP contribution in [0.2, 0.25) is 0 Å². The van der Waals surface area contributed by atoms with Gasteiger partial charge in [-0.2, -0.15) is 0 Å². The number of urea groups is 1. The van der Waals surface area contributed by atoms with E-state index in [1.54, 1.807) is 4.90 Å². The summed E-state index contributed by atoms with van der Waals surface area (Å²) in [6.45, 7) is 2.44. The summed E-state index contributed by atoms with van der Waals surface area (Å²) in [6, 6.07) is 12.6. The fourth-order valence-electron chi connectivity index (χ4n) is 3.20. The van der Waals surface area contributed by atoms with Gasteiger partial charge in [-0.15, -0.1) is 0 Å². The molecule has 0 saturated heterocycles. The number of hydrogen-bond donors (Lipinski definition) is 2. The Balaban J connectivity index is 1.85. The molecule has 1 aliphatic rings. The second kappa shape index (κ2) is 7.27. The average Bonchev–Trinajstić information content (AvgIpc) is 2.58. The first kappa shape index (κ1) is 17.5. The summed E-state index contributed by atoms with van der Waals surface area (Å²) in [5.41, 5.74) is 3.73. The van der Waals surface area contributed by atoms with Gasteiger partial charge in [0.15, 0.2) is 0 Å². The van der Waals surface area contributed by atoms with Crippen LogP contribution in [-0.2, 0) is 11.2 Å². The van der Waals surface area contributed by atoms with Crippen LogP contribution in [0, 0.1) is 6.92 Å². The molecule has 1 aliphatic heterocycles. The molecule has 2 amide bonds. The lowest BCUT2D eigenvalue weighted by molar-refractivity contribution is -0.138. The summed E-state index contributed by atoms with van der Waals surface area (Å²) in [7, 11) is 0. The van der Waals surface area contributed by atoms with Gasteiger partial charge in [0.25, 0.3) is 0 Å². The Bertz CT molecular complexity index is 822. The minimum atomic E-state index is -0.918. The van der Waals surface area contributed by atoms with E-state index in [2.05, 4.69) is 21.2 Å². The predicted octanol–water partition coefficient (Wildman–Crippen LogP) is 4.36. The molecule has 1 atom stereocenters. The summed E-state index contributed by atoms with van der Waals surface area (Å²) in [5, 5.41) is 12.2. The number of nitrogens with one attached hydrogen (secondary N) is 1. The van der Waals surface area contributed by atoms with E-state index in [4.69, 9.17) is 0 Å². The monoisotopic (exact) mass is 402 g/mol. The van der Waals surface area contributed by atoms with Crippen molar-refractivity contribution in [2.75, 3.05) is 11.9 Å². The molecule has 1 heterocycles. The Kier molecular flexibility index (Phi) is 5.08. The molecule has 0 aromatic heterocycles. The number of aryl methyl sites for hydroxylation is 1. The molecule has 130 valence electrons. The molecule has 2 N–H and O–H groups in total. The van der Waals surface area contributed by atoms with Crippen molar-refractivity contribution in [2.24, 2.45) is 0 Å². The number of fused-ring (bicyclic) bond motifs is 1. The Morgan fingerprint density at radius 1 is 1.28 bits per heavy atom. The third-order valence-corrected chi connectivity index (χ3v) is 5.34. The van der Waals surface area contributed by atoms with Crippen LogP contribution in [0.3, 0.4) is 0 Å². The Labute approximate surface area is 154 Å². The van der Waals surface area contributed by atoms with Crippen molar-refractivity contribution in [3.63, 3.8) is 0 Å². The smallest absolute Gasteiger partial charge is 0.322 e. The standard InChI is InChI=1S/C19H19BrN2O3/c1-12-10-14(6-7-16(12)20)21-19(25)22-9-8-13-4-2-3-5-15(13)17(22)11-18(23)24/h2-7,10,17H,8-9,11H2,1H3,(H,21,25)(H,23,24)/t17-/m1/s1. The second-order valence-corrected chi connectivity index (χ2v) is 7.00. The molecule has 0 spiro atoms. The van der Waals surface area contributed by atoms with Gasteiger partial charge in [0.05, 0.1) is 12.5 Å². The van der Waals surface area contributed by atoms with Crippen LogP contribution in [0.25, 0.3) is 0 Å². The first-order valence-corrected chi connectivity index (χ1v) is 8.88. The zero-order valence-corrected chi connectivity index (χ0v) is 15.4. The maximum absolute atomic E-state index is 12.8. The van der Waals surface area contributed by atoms with Crippen molar-refractivity contribution in [3.05, 3.63) is 63.6 Å². The quantitative estimate of drug-likeness (QED) is 0.800. The lowest BCUT2D eigenvalue weighted by atomic mass is 9.91. The Hall–Kier alpha value is -2.34. The van der Waals surface area contributed by atoms with Crippen molar-refractivity contribution in [1.29, 1.82) is 0 Å². The first-order valence-electron chi connectivity index (χ1n) is 8.09. The third kappa shape index (κ3) is 3.85. The topological polar surface area (TPSA) is 69.6 Å². The van der Waals surface area contributed by atoms with Gasteiger partial charge in [-0.3, -0.25) is 4.79 Å². The minimum Gasteiger partial charge on any atom is -0.481 e. The third-order valence-electron chi connectivity index (χ3n) is 4.45. The molecule has 2 aromatic rings. The maximum Gasteiger partial charge on any atom is 0.322 e. The lowest BCUT2D eigenvalue weighted by Crippen LogP contribution is -2.43. The van der Waals surface area contributed by atoms with Gasteiger partial charge in [-0.25, -0.2) is 4.79 Å². The first-order chi connectivity index (χ1) is 12.0. The van der Waals surface area contributed by atoms with Gasteiger partial charge in [0.2, 0.25) is 0 Å². The molecule has 2 aromatic carbocycles. The zero-order valence-electron chi connectivity index (χ0n) is 13.8. The van der Waals surface area contributed by atoms with Gasteiger partial charge < -0.3 is 15.3 Å². The number of carbonyl (C=O) groups is 2. The van der Waals surface area contributed by atoms with E-state index < -0.39 is 12.0 Å². The number of anilines is 1. The molecule has 0 saturated carbocycles. The number of nitrogens with zero attached hydrogens (tertiary/aromatic N) is 1. The highest BCUT2D eigenvalue weighted by molar-refractivity contribution is 9.10. The molecule has 0 bridgehead atoms. The molecule has 0 fully saturated rings. The number of carboxylic acid groups (broad SMARTS) is 1. The molecule has 5 nitrogen and oxygen atoms in total. The second-order valence-electron chi connectivity index (χ2n) is 6.15. The summed E-state index contributed by atoms with van der Waals surface area (Å²) in [6.07, 6.45) is 0.614. The van der Waals surface area contributed by atoms with Crippen molar-refractivity contribution >= 4 is 33.6 Å². The lowest BCUT2D eigenvalue weighted by Gasteiger charge is -2.36. The molecule has 25 heavy (non-hydrogen) atoms. The van der Waals surface area contributed by atoms with Gasteiger partial charge in [-0.1, -0.05) is 40.2 Å². The van der Waals surface area contributed by atoms with Crippen LogP contribution in [0.1, 0.15) is 29.2 Å². The number of aliphatic carboxylic acids is 1. The average molecular weight is 403 g/mol. The molecule has 0 radical (unpaired) electrons. The number of carboxylic acids is 1. The number of hydrogen-bond acceptors (Lipinski definition) is 2. The predicted molar refractivity (Wildman–Crippen MR) is 99.7 cm³/mol. The fourth-order valence-corrected chi connectivity index (χ4v) is 3.44. The highest BCUT2D eigenvalue weighted by atomic mass is 79.9. The zero-order chi connectivity index (χ0) is 18.0. The molecule has 6 heteroatoms. The van der Waals surface area contributed by atoms with E-state index in [9.17, 15) is 14.7 Å². The summed E-state index contributed by atoms with van der Waals surface area (Å²) in [4.78, 5) is 25.7. The highest BCUT2D eigenvalue weighted by Gasteiger charge is 2.32. The van der Waals surface area contributed by atoms with E-state index in [1.165, 1.54) is 0 Å². The number of carbonyl (C=O) groups excluding carboxylic acids is 1. The van der Waals surface area contributed by atoms with E-state index in [0.717, 1.165) is 27.6 Å². The summed E-state index contributed by atoms with van der Waals surface area (Å²) < 4.78 is 0.973. The van der Waals surface area contributed by atoms with Crippen LogP contribution in [0.15, 0.2) is 46.9 Å². The fraction of sp³-hybridized carbons (Fsp3) is 0.263. The molecule has 3 rings (SSSR count). The highest BCUT2D eigenvalue weighted by Crippen LogP contribution is 2.33. The van der Waals surface area contributed by atoms with Crippen molar-refractivity contribution in [2.45, 2.75) is 25.8 Å². The van der Waals surface area contributed by atoms with Crippen LogP contribution in [0.5, 0.6) is 0 Å². The minimum absolute atomic E-state index is 0.107. The number of benzene rings is 2. The van der Waals surface area contributed by atoms with Gasteiger partial charge >= 0.3 is 12.0 Å². The summed E-state index contributed by atoms with van der Waals surface area (Å²) >= 11 is 3.44. The van der Waals surface area contributed by atoms with Gasteiger partial charge in [0, 0.05) is 16.7 Å². The Morgan fingerprint density at radius 3 is 2.76 bits per heavy atom. The molecular weight excluding hydrogens is 384 g/mol. The molecular formula is C19H19BrN2O3. The molecule has 0 unspecified atom stereocenters. The number of halogens is 1. The van der Waals surface area contributed by atoms with Gasteiger partial charge in [0.1, 0.15) is 0 Å². The van der Waals surface area contributed by atoms with E-state index >= 15 is 0 Å². The summed E-state index contributed by atoms with van der Waals surface area (Å²) in [5.74, 6) is -0.918. The SMILES string of the molecule is Cc1cc(NC(=O)N2CCc3ccccc3[C@H]2CC(=O)O)ccc1Br. The van der Waals surface area contributed by atoms with Crippen LogP contribution >= 0.6 is 15.9 Å².